The van der Waals surface area contributed by atoms with Crippen molar-refractivity contribution in [1.29, 1.82) is 0 Å². The van der Waals surface area contributed by atoms with Gasteiger partial charge in [-0.15, -0.1) is 0 Å². The molecule has 0 amide bonds. The number of aromatic nitrogens is 5. The van der Waals surface area contributed by atoms with Gasteiger partial charge in [-0.05, 0) is 37.3 Å². The highest BCUT2D eigenvalue weighted by molar-refractivity contribution is 6.30. The summed E-state index contributed by atoms with van der Waals surface area (Å²) in [5.74, 6) is 1.29. The summed E-state index contributed by atoms with van der Waals surface area (Å²) < 4.78 is 3.18. The quantitative estimate of drug-likeness (QED) is 0.740. The molecule has 0 saturated heterocycles. The average Bonchev–Trinajstić information content (AvgIpc) is 2.83. The van der Waals surface area contributed by atoms with Crippen LogP contribution in [0.5, 0.6) is 0 Å². The van der Waals surface area contributed by atoms with Gasteiger partial charge in [0.25, 0.3) is 0 Å². The van der Waals surface area contributed by atoms with Gasteiger partial charge in [0.05, 0.1) is 12.2 Å². The highest BCUT2D eigenvalue weighted by Gasteiger charge is 2.10. The van der Waals surface area contributed by atoms with E-state index in [1.54, 1.807) is 29.1 Å². The number of nitrogens with zero attached hydrogens (tertiary/aromatic N) is 5. The Bertz CT molecular complexity index is 822. The molecular formula is C14H12ClN5O. The second-order valence-electron chi connectivity index (χ2n) is 4.49. The monoisotopic (exact) mass is 301 g/mol. The molecule has 0 spiro atoms. The number of rotatable bonds is 3. The molecule has 21 heavy (non-hydrogen) atoms. The van der Waals surface area contributed by atoms with E-state index in [1.807, 2.05) is 19.1 Å². The fourth-order valence-corrected chi connectivity index (χ4v) is 2.14. The lowest BCUT2D eigenvalue weighted by atomic mass is 10.3. The largest absolute Gasteiger partial charge is 0.347 e. The molecule has 0 aliphatic carbocycles. The number of hydrogen-bond donors (Lipinski definition) is 0. The fraction of sp³-hybridized carbons (Fsp3) is 0.143. The number of aryl methyl sites for hydroxylation is 1. The molecule has 6 nitrogen and oxygen atoms in total. The molecule has 0 aliphatic rings. The summed E-state index contributed by atoms with van der Waals surface area (Å²) in [6.07, 6.45) is 3.14. The standard InChI is InChI=1S/C14H12ClN5O/c1-10-17-13(9-19-8-2-7-16-14(19)21)20(18-10)12-5-3-11(15)4-6-12/h2-8H,9H2,1H3. The van der Waals surface area contributed by atoms with Crippen molar-refractivity contribution in [3.8, 4) is 5.69 Å². The molecule has 1 aromatic carbocycles. The highest BCUT2D eigenvalue weighted by atomic mass is 35.5. The van der Waals surface area contributed by atoms with Gasteiger partial charge in [0.2, 0.25) is 0 Å². The average molecular weight is 302 g/mol. The van der Waals surface area contributed by atoms with E-state index in [4.69, 9.17) is 11.6 Å². The summed E-state index contributed by atoms with van der Waals surface area (Å²) in [6.45, 7) is 2.11. The Morgan fingerprint density at radius 2 is 2.00 bits per heavy atom. The summed E-state index contributed by atoms with van der Waals surface area (Å²) in [7, 11) is 0. The van der Waals surface area contributed by atoms with E-state index >= 15 is 0 Å². The van der Waals surface area contributed by atoms with Gasteiger partial charge < -0.3 is 0 Å². The lowest BCUT2D eigenvalue weighted by Crippen LogP contribution is -2.23. The van der Waals surface area contributed by atoms with Crippen LogP contribution in [0.2, 0.25) is 5.02 Å². The third-order valence-corrected chi connectivity index (χ3v) is 3.20. The Morgan fingerprint density at radius 3 is 2.71 bits per heavy atom. The Morgan fingerprint density at radius 1 is 1.24 bits per heavy atom. The molecule has 7 heteroatoms. The Labute approximate surface area is 125 Å². The molecule has 106 valence electrons. The summed E-state index contributed by atoms with van der Waals surface area (Å²) in [6, 6.07) is 8.98. The van der Waals surface area contributed by atoms with Crippen molar-refractivity contribution < 1.29 is 0 Å². The molecule has 3 rings (SSSR count). The zero-order chi connectivity index (χ0) is 14.8. The van der Waals surface area contributed by atoms with Crippen LogP contribution in [0.1, 0.15) is 11.6 Å². The van der Waals surface area contributed by atoms with Crippen LogP contribution in [0, 0.1) is 6.92 Å². The molecule has 2 aromatic heterocycles. The van der Waals surface area contributed by atoms with Gasteiger partial charge in [-0.3, -0.25) is 4.57 Å². The third kappa shape index (κ3) is 2.85. The van der Waals surface area contributed by atoms with E-state index < -0.39 is 0 Å². The summed E-state index contributed by atoms with van der Waals surface area (Å²) in [4.78, 5) is 19.8. The van der Waals surface area contributed by atoms with Gasteiger partial charge in [0, 0.05) is 17.4 Å². The minimum Gasteiger partial charge on any atom is -0.292 e. The smallest absolute Gasteiger partial charge is 0.292 e. The minimum absolute atomic E-state index is 0.302. The number of benzene rings is 1. The molecule has 2 heterocycles. The van der Waals surface area contributed by atoms with E-state index in [9.17, 15) is 4.79 Å². The third-order valence-electron chi connectivity index (χ3n) is 2.95. The maximum absolute atomic E-state index is 11.7. The molecule has 0 N–H and O–H groups in total. The van der Waals surface area contributed by atoms with E-state index in [1.165, 1.54) is 10.8 Å². The first kappa shape index (κ1) is 13.5. The first-order valence-electron chi connectivity index (χ1n) is 6.33. The summed E-state index contributed by atoms with van der Waals surface area (Å²) >= 11 is 5.90. The van der Waals surface area contributed by atoms with E-state index in [-0.39, 0.29) is 5.69 Å². The zero-order valence-corrected chi connectivity index (χ0v) is 12.0. The molecule has 0 fully saturated rings. The van der Waals surface area contributed by atoms with Crippen molar-refractivity contribution in [3.05, 3.63) is 69.9 Å². The number of halogens is 1. The molecule has 0 radical (unpaired) electrons. The lowest BCUT2D eigenvalue weighted by molar-refractivity contribution is 0.664. The molecule has 0 unspecified atom stereocenters. The van der Waals surface area contributed by atoms with Gasteiger partial charge >= 0.3 is 5.69 Å². The first-order chi connectivity index (χ1) is 10.1. The van der Waals surface area contributed by atoms with Crippen molar-refractivity contribution in [2.45, 2.75) is 13.5 Å². The van der Waals surface area contributed by atoms with Crippen molar-refractivity contribution in [2.24, 2.45) is 0 Å². The van der Waals surface area contributed by atoms with Crippen molar-refractivity contribution in [3.63, 3.8) is 0 Å². The van der Waals surface area contributed by atoms with E-state index in [0.29, 0.717) is 23.2 Å². The fourth-order valence-electron chi connectivity index (χ4n) is 2.01. The second-order valence-corrected chi connectivity index (χ2v) is 4.93. The second kappa shape index (κ2) is 5.49. The van der Waals surface area contributed by atoms with Gasteiger partial charge in [-0.25, -0.2) is 19.4 Å². The maximum Gasteiger partial charge on any atom is 0.347 e. The predicted molar refractivity (Wildman–Crippen MR) is 78.7 cm³/mol. The SMILES string of the molecule is Cc1nc(Cn2cccnc2=O)n(-c2ccc(Cl)cc2)n1. The van der Waals surface area contributed by atoms with Crippen LogP contribution in [0.4, 0.5) is 0 Å². The Balaban J connectivity index is 2.02. The minimum atomic E-state index is -0.319. The van der Waals surface area contributed by atoms with Crippen LogP contribution in [0.3, 0.4) is 0 Å². The molecule has 0 bridgehead atoms. The lowest BCUT2D eigenvalue weighted by Gasteiger charge is -2.07. The van der Waals surface area contributed by atoms with Gasteiger partial charge in [0.15, 0.2) is 5.82 Å². The normalized spacial score (nSPS) is 10.8. The zero-order valence-electron chi connectivity index (χ0n) is 11.3. The highest BCUT2D eigenvalue weighted by Crippen LogP contribution is 2.14. The van der Waals surface area contributed by atoms with Gasteiger partial charge in [-0.1, -0.05) is 11.6 Å². The van der Waals surface area contributed by atoms with Crippen molar-refractivity contribution in [2.75, 3.05) is 0 Å². The van der Waals surface area contributed by atoms with Crippen molar-refractivity contribution in [1.82, 2.24) is 24.3 Å². The molecule has 3 aromatic rings. The molecule has 0 aliphatic heterocycles. The predicted octanol–water partition coefficient (Wildman–Crippen LogP) is 1.83. The topological polar surface area (TPSA) is 65.6 Å². The van der Waals surface area contributed by atoms with Crippen LogP contribution in [0.25, 0.3) is 5.69 Å². The van der Waals surface area contributed by atoms with E-state index in [0.717, 1.165) is 5.69 Å². The Hall–Kier alpha value is -2.47. The van der Waals surface area contributed by atoms with Crippen LogP contribution in [-0.4, -0.2) is 24.3 Å². The summed E-state index contributed by atoms with van der Waals surface area (Å²) in [5, 5.41) is 5.02. The van der Waals surface area contributed by atoms with Gasteiger partial charge in [0.1, 0.15) is 5.82 Å². The van der Waals surface area contributed by atoms with Crippen molar-refractivity contribution >= 4 is 11.6 Å². The van der Waals surface area contributed by atoms with Crippen LogP contribution >= 0.6 is 11.6 Å². The van der Waals surface area contributed by atoms with E-state index in [2.05, 4.69) is 15.1 Å². The number of hydrogen-bond acceptors (Lipinski definition) is 4. The van der Waals surface area contributed by atoms with Gasteiger partial charge in [-0.2, -0.15) is 5.10 Å². The first-order valence-corrected chi connectivity index (χ1v) is 6.71. The van der Waals surface area contributed by atoms with Crippen LogP contribution < -0.4 is 5.69 Å². The Kier molecular flexibility index (Phi) is 3.53. The molecule has 0 saturated carbocycles. The summed E-state index contributed by atoms with van der Waals surface area (Å²) in [5.41, 5.74) is 0.521. The maximum atomic E-state index is 11.7. The van der Waals surface area contributed by atoms with Crippen LogP contribution in [0.15, 0.2) is 47.5 Å². The van der Waals surface area contributed by atoms with Crippen LogP contribution in [-0.2, 0) is 6.54 Å². The molecular weight excluding hydrogens is 290 g/mol. The molecule has 0 atom stereocenters.